The number of nitrogens with two attached hydrogens (primary N) is 1. The van der Waals surface area contributed by atoms with E-state index in [-0.39, 0.29) is 6.10 Å². The number of morpholine rings is 1. The van der Waals surface area contributed by atoms with Gasteiger partial charge in [-0.3, -0.25) is 9.11 Å². The van der Waals surface area contributed by atoms with Crippen molar-refractivity contribution in [3.63, 3.8) is 0 Å². The fraction of sp³-hybridized carbons (Fsp3) is 0.571. The standard InChI is InChI=1S/C14H21BrN2O2S/c1-10(2)17-5-6-19-12(8-17)9-20(18)14-4-3-11(15)7-13(14)16/h3-4,7,10,12H,5-6,8-9,16H2,1-2H3. The maximum atomic E-state index is 12.4. The van der Waals surface area contributed by atoms with Gasteiger partial charge in [0.05, 0.1) is 34.2 Å². The zero-order valence-corrected chi connectivity index (χ0v) is 14.2. The third-order valence-corrected chi connectivity index (χ3v) is 5.49. The third kappa shape index (κ3) is 4.04. The molecule has 2 N–H and O–H groups in total. The Balaban J connectivity index is 2.00. The third-order valence-electron chi connectivity index (χ3n) is 3.45. The van der Waals surface area contributed by atoms with Crippen molar-refractivity contribution in [1.82, 2.24) is 4.90 Å². The van der Waals surface area contributed by atoms with Crippen molar-refractivity contribution in [2.24, 2.45) is 0 Å². The van der Waals surface area contributed by atoms with Gasteiger partial charge in [-0.05, 0) is 32.0 Å². The number of ether oxygens (including phenoxy) is 1. The molecule has 2 atom stereocenters. The summed E-state index contributed by atoms with van der Waals surface area (Å²) in [6.07, 6.45) is 0.00929. The summed E-state index contributed by atoms with van der Waals surface area (Å²) < 4.78 is 19.1. The van der Waals surface area contributed by atoms with Gasteiger partial charge in [-0.1, -0.05) is 15.9 Å². The van der Waals surface area contributed by atoms with Gasteiger partial charge in [0.2, 0.25) is 0 Å². The van der Waals surface area contributed by atoms with E-state index in [0.29, 0.717) is 29.0 Å². The van der Waals surface area contributed by atoms with Crippen LogP contribution in [0, 0.1) is 0 Å². The van der Waals surface area contributed by atoms with Gasteiger partial charge >= 0.3 is 0 Å². The van der Waals surface area contributed by atoms with Crippen LogP contribution in [-0.2, 0) is 15.5 Å². The molecular formula is C14H21BrN2O2S. The van der Waals surface area contributed by atoms with Crippen molar-refractivity contribution >= 4 is 32.4 Å². The molecular weight excluding hydrogens is 340 g/mol. The molecule has 1 fully saturated rings. The number of rotatable bonds is 4. The lowest BCUT2D eigenvalue weighted by Gasteiger charge is -2.35. The van der Waals surface area contributed by atoms with E-state index in [0.717, 1.165) is 17.6 Å². The highest BCUT2D eigenvalue weighted by atomic mass is 79.9. The smallest absolute Gasteiger partial charge is 0.0821 e. The Kier molecular flexibility index (Phi) is 5.60. The number of nitrogen functional groups attached to an aromatic ring is 1. The van der Waals surface area contributed by atoms with Crippen LogP contribution in [0.15, 0.2) is 27.6 Å². The molecule has 0 amide bonds. The summed E-state index contributed by atoms with van der Waals surface area (Å²) in [6.45, 7) is 6.83. The molecule has 1 aliphatic heterocycles. The molecule has 0 radical (unpaired) electrons. The second-order valence-corrected chi connectivity index (χ2v) is 7.66. The van der Waals surface area contributed by atoms with Crippen molar-refractivity contribution in [1.29, 1.82) is 0 Å². The van der Waals surface area contributed by atoms with Crippen LogP contribution in [0.3, 0.4) is 0 Å². The number of nitrogens with zero attached hydrogens (tertiary/aromatic N) is 1. The van der Waals surface area contributed by atoms with Gasteiger partial charge in [-0.15, -0.1) is 0 Å². The lowest BCUT2D eigenvalue weighted by molar-refractivity contribution is -0.0268. The Bertz CT molecular complexity index is 496. The van der Waals surface area contributed by atoms with Gasteiger partial charge in [0.15, 0.2) is 0 Å². The van der Waals surface area contributed by atoms with E-state index in [2.05, 4.69) is 34.7 Å². The summed E-state index contributed by atoms with van der Waals surface area (Å²) >= 11 is 3.36. The summed E-state index contributed by atoms with van der Waals surface area (Å²) in [5, 5.41) is 0. The Morgan fingerprint density at radius 3 is 2.95 bits per heavy atom. The van der Waals surface area contributed by atoms with Gasteiger partial charge in [-0.25, -0.2) is 0 Å². The summed E-state index contributed by atoms with van der Waals surface area (Å²) in [5.41, 5.74) is 6.49. The summed E-state index contributed by atoms with van der Waals surface area (Å²) in [5.74, 6) is 0.495. The molecule has 1 aromatic carbocycles. The second-order valence-electron chi connectivity index (χ2n) is 5.28. The SMILES string of the molecule is CC(C)N1CCOC(CS(=O)c2ccc(Br)cc2N)C1. The number of hydrogen-bond acceptors (Lipinski definition) is 4. The van der Waals surface area contributed by atoms with Crippen molar-refractivity contribution < 1.29 is 8.95 Å². The van der Waals surface area contributed by atoms with Crippen molar-refractivity contribution in [2.45, 2.75) is 30.9 Å². The minimum absolute atomic E-state index is 0.00929. The maximum absolute atomic E-state index is 12.4. The van der Waals surface area contributed by atoms with E-state index in [4.69, 9.17) is 10.5 Å². The highest BCUT2D eigenvalue weighted by Crippen LogP contribution is 2.23. The largest absolute Gasteiger partial charge is 0.398 e. The molecule has 2 rings (SSSR count). The van der Waals surface area contributed by atoms with Gasteiger partial charge in [0, 0.05) is 29.3 Å². The van der Waals surface area contributed by atoms with Crippen molar-refractivity contribution in [3.8, 4) is 0 Å². The van der Waals surface area contributed by atoms with E-state index in [9.17, 15) is 4.21 Å². The average molecular weight is 361 g/mol. The molecule has 0 aliphatic carbocycles. The Labute approximate surface area is 131 Å². The van der Waals surface area contributed by atoms with Crippen molar-refractivity contribution in [3.05, 3.63) is 22.7 Å². The topological polar surface area (TPSA) is 55.6 Å². The van der Waals surface area contributed by atoms with E-state index >= 15 is 0 Å². The fourth-order valence-electron chi connectivity index (χ4n) is 2.30. The van der Waals surface area contributed by atoms with Crippen molar-refractivity contribution in [2.75, 3.05) is 31.2 Å². The predicted molar refractivity (Wildman–Crippen MR) is 86.3 cm³/mol. The molecule has 20 heavy (non-hydrogen) atoms. The van der Waals surface area contributed by atoms with Crippen LogP contribution in [0.1, 0.15) is 13.8 Å². The van der Waals surface area contributed by atoms with E-state index in [1.807, 2.05) is 12.1 Å². The van der Waals surface area contributed by atoms with Crippen LogP contribution in [0.2, 0.25) is 0 Å². The van der Waals surface area contributed by atoms with Crippen LogP contribution in [-0.4, -0.2) is 46.7 Å². The van der Waals surface area contributed by atoms with Crippen LogP contribution in [0.5, 0.6) is 0 Å². The highest BCUT2D eigenvalue weighted by molar-refractivity contribution is 9.10. The first-order valence-corrected chi connectivity index (χ1v) is 8.87. The molecule has 6 heteroatoms. The van der Waals surface area contributed by atoms with E-state index in [1.54, 1.807) is 6.07 Å². The number of anilines is 1. The summed E-state index contributed by atoms with van der Waals surface area (Å²) in [4.78, 5) is 3.05. The lowest BCUT2D eigenvalue weighted by Crippen LogP contribution is -2.47. The van der Waals surface area contributed by atoms with E-state index in [1.165, 1.54) is 0 Å². The Morgan fingerprint density at radius 1 is 1.55 bits per heavy atom. The zero-order chi connectivity index (χ0) is 14.7. The monoisotopic (exact) mass is 360 g/mol. The second kappa shape index (κ2) is 7.02. The van der Waals surface area contributed by atoms with Crippen LogP contribution >= 0.6 is 15.9 Å². The first-order valence-electron chi connectivity index (χ1n) is 6.76. The molecule has 1 aliphatic rings. The molecule has 1 aromatic rings. The van der Waals surface area contributed by atoms with Gasteiger partial charge in [-0.2, -0.15) is 0 Å². The fourth-order valence-corrected chi connectivity index (χ4v) is 3.94. The minimum atomic E-state index is -1.13. The molecule has 1 heterocycles. The molecule has 0 aromatic heterocycles. The Morgan fingerprint density at radius 2 is 2.30 bits per heavy atom. The summed E-state index contributed by atoms with van der Waals surface area (Å²) in [6, 6.07) is 5.97. The highest BCUT2D eigenvalue weighted by Gasteiger charge is 2.24. The van der Waals surface area contributed by atoms with Crippen LogP contribution < -0.4 is 5.73 Å². The maximum Gasteiger partial charge on any atom is 0.0821 e. The molecule has 0 saturated carbocycles. The molecule has 1 saturated heterocycles. The van der Waals surface area contributed by atoms with Gasteiger partial charge < -0.3 is 10.5 Å². The van der Waals surface area contributed by atoms with Gasteiger partial charge in [0.1, 0.15) is 0 Å². The number of halogens is 1. The van der Waals surface area contributed by atoms with Crippen LogP contribution in [0.4, 0.5) is 5.69 Å². The van der Waals surface area contributed by atoms with E-state index < -0.39 is 10.8 Å². The zero-order valence-electron chi connectivity index (χ0n) is 11.8. The normalized spacial score (nSPS) is 22.1. The van der Waals surface area contributed by atoms with Gasteiger partial charge in [0.25, 0.3) is 0 Å². The summed E-state index contributed by atoms with van der Waals surface area (Å²) in [7, 11) is -1.13. The first-order chi connectivity index (χ1) is 9.47. The molecule has 4 nitrogen and oxygen atoms in total. The molecule has 112 valence electrons. The molecule has 0 spiro atoms. The lowest BCUT2D eigenvalue weighted by atomic mass is 10.2. The molecule has 0 bridgehead atoms. The predicted octanol–water partition coefficient (Wildman–Crippen LogP) is 2.25. The Hall–Kier alpha value is -0.430. The molecule has 2 unspecified atom stereocenters. The average Bonchev–Trinajstić information content (AvgIpc) is 2.38. The van der Waals surface area contributed by atoms with Crippen LogP contribution in [0.25, 0.3) is 0 Å². The number of hydrogen-bond donors (Lipinski definition) is 1. The first kappa shape index (κ1) is 15.9. The minimum Gasteiger partial charge on any atom is -0.398 e. The quantitative estimate of drug-likeness (QED) is 0.836. The number of benzene rings is 1.